The molecule has 106 valence electrons. The molecule has 0 aromatic heterocycles. The third kappa shape index (κ3) is 2.29. The number of carboxylic acids is 1. The van der Waals surface area contributed by atoms with Crippen LogP contribution in [0.2, 0.25) is 0 Å². The number of nitrogens with one attached hydrogen (secondary N) is 1. The van der Waals surface area contributed by atoms with Gasteiger partial charge in [0, 0.05) is 18.7 Å². The van der Waals surface area contributed by atoms with E-state index in [2.05, 4.69) is 5.32 Å². The molecule has 2 aliphatic heterocycles. The van der Waals surface area contributed by atoms with Gasteiger partial charge in [-0.25, -0.2) is 4.79 Å². The highest BCUT2D eigenvalue weighted by atomic mass is 16.4. The lowest BCUT2D eigenvalue weighted by Gasteiger charge is -2.33. The van der Waals surface area contributed by atoms with Crippen LogP contribution in [0.5, 0.6) is 0 Å². The van der Waals surface area contributed by atoms with Crippen LogP contribution in [-0.2, 0) is 11.2 Å². The molecule has 0 atom stereocenters. The van der Waals surface area contributed by atoms with Gasteiger partial charge in [-0.3, -0.25) is 4.79 Å². The van der Waals surface area contributed by atoms with Gasteiger partial charge in [0.1, 0.15) is 0 Å². The molecule has 2 aliphatic rings. The second-order valence-electron chi connectivity index (χ2n) is 5.49. The van der Waals surface area contributed by atoms with Crippen LogP contribution in [0, 0.1) is 5.92 Å². The van der Waals surface area contributed by atoms with Crippen molar-refractivity contribution in [2.24, 2.45) is 5.92 Å². The van der Waals surface area contributed by atoms with Crippen molar-refractivity contribution in [2.45, 2.75) is 19.3 Å². The number of amides is 1. The van der Waals surface area contributed by atoms with Crippen LogP contribution < -0.4 is 10.2 Å². The first-order chi connectivity index (χ1) is 9.66. The molecule has 1 amide bonds. The van der Waals surface area contributed by atoms with Crippen molar-refractivity contribution in [3.63, 3.8) is 0 Å². The predicted octanol–water partition coefficient (Wildman–Crippen LogP) is 1.27. The number of fused-ring (bicyclic) bond motifs is 1. The summed E-state index contributed by atoms with van der Waals surface area (Å²) in [6.07, 6.45) is 2.10. The predicted molar refractivity (Wildman–Crippen MR) is 75.1 cm³/mol. The van der Waals surface area contributed by atoms with Crippen molar-refractivity contribution in [1.29, 1.82) is 0 Å². The van der Waals surface area contributed by atoms with Gasteiger partial charge in [-0.05, 0) is 49.5 Å². The Bertz CT molecular complexity index is 552. The average molecular weight is 274 g/mol. The summed E-state index contributed by atoms with van der Waals surface area (Å²) in [6, 6.07) is 5.20. The lowest BCUT2D eigenvalue weighted by molar-refractivity contribution is -0.119. The Labute approximate surface area is 117 Å². The highest BCUT2D eigenvalue weighted by Crippen LogP contribution is 2.31. The maximum absolute atomic E-state index is 12.4. The minimum atomic E-state index is -0.917. The second kappa shape index (κ2) is 5.25. The number of anilines is 1. The minimum Gasteiger partial charge on any atom is -0.478 e. The number of rotatable bonds is 3. The number of carbonyl (C=O) groups is 2. The summed E-state index contributed by atoms with van der Waals surface area (Å²) in [7, 11) is 0. The van der Waals surface area contributed by atoms with Crippen LogP contribution in [0.3, 0.4) is 0 Å². The first kappa shape index (κ1) is 13.1. The summed E-state index contributed by atoms with van der Waals surface area (Å²) >= 11 is 0. The zero-order chi connectivity index (χ0) is 14.1. The third-order valence-corrected chi connectivity index (χ3v) is 4.11. The van der Waals surface area contributed by atoms with Gasteiger partial charge >= 0.3 is 5.97 Å². The number of aromatic carboxylic acids is 1. The van der Waals surface area contributed by atoms with Gasteiger partial charge in [-0.2, -0.15) is 0 Å². The summed E-state index contributed by atoms with van der Waals surface area (Å²) in [5.74, 6) is -0.380. The lowest BCUT2D eigenvalue weighted by atomic mass is 9.94. The van der Waals surface area contributed by atoms with E-state index in [4.69, 9.17) is 0 Å². The van der Waals surface area contributed by atoms with Gasteiger partial charge in [0.2, 0.25) is 5.91 Å². The molecule has 2 N–H and O–H groups in total. The van der Waals surface area contributed by atoms with E-state index < -0.39 is 5.97 Å². The molecule has 0 unspecified atom stereocenters. The normalized spacial score (nSPS) is 18.3. The van der Waals surface area contributed by atoms with Crippen molar-refractivity contribution in [1.82, 2.24) is 5.32 Å². The fraction of sp³-hybridized carbons (Fsp3) is 0.467. The Morgan fingerprint density at radius 3 is 2.80 bits per heavy atom. The smallest absolute Gasteiger partial charge is 0.336 e. The Kier molecular flexibility index (Phi) is 3.44. The lowest BCUT2D eigenvalue weighted by Crippen LogP contribution is -2.46. The summed E-state index contributed by atoms with van der Waals surface area (Å²) in [5.41, 5.74) is 1.91. The van der Waals surface area contributed by atoms with E-state index in [1.807, 2.05) is 6.07 Å². The van der Waals surface area contributed by atoms with Gasteiger partial charge in [-0.15, -0.1) is 0 Å². The first-order valence-corrected chi connectivity index (χ1v) is 7.03. The zero-order valence-corrected chi connectivity index (χ0v) is 11.3. The van der Waals surface area contributed by atoms with Gasteiger partial charge in [0.15, 0.2) is 0 Å². The Morgan fingerprint density at radius 2 is 2.15 bits per heavy atom. The maximum atomic E-state index is 12.4. The molecule has 5 heteroatoms. The van der Waals surface area contributed by atoms with Crippen LogP contribution in [0.1, 0.15) is 28.8 Å². The molecule has 1 saturated heterocycles. The van der Waals surface area contributed by atoms with Crippen LogP contribution in [0.4, 0.5) is 5.69 Å². The topological polar surface area (TPSA) is 69.6 Å². The Hall–Kier alpha value is -1.88. The molecule has 20 heavy (non-hydrogen) atoms. The van der Waals surface area contributed by atoms with E-state index in [-0.39, 0.29) is 5.91 Å². The molecule has 1 fully saturated rings. The quantitative estimate of drug-likeness (QED) is 0.871. The number of nitrogens with zero attached hydrogens (tertiary/aromatic N) is 1. The zero-order valence-electron chi connectivity index (χ0n) is 11.3. The summed E-state index contributed by atoms with van der Waals surface area (Å²) < 4.78 is 0. The van der Waals surface area contributed by atoms with Crippen molar-refractivity contribution >= 4 is 17.6 Å². The average Bonchev–Trinajstić information content (AvgIpc) is 2.41. The molecule has 5 nitrogen and oxygen atoms in total. The van der Waals surface area contributed by atoms with E-state index in [0.717, 1.165) is 37.2 Å². The molecular formula is C15H18N2O3. The van der Waals surface area contributed by atoms with Crippen LogP contribution in [0.25, 0.3) is 0 Å². The summed E-state index contributed by atoms with van der Waals surface area (Å²) in [4.78, 5) is 25.4. The fourth-order valence-corrected chi connectivity index (χ4v) is 2.93. The maximum Gasteiger partial charge on any atom is 0.336 e. The molecule has 0 bridgehead atoms. The van der Waals surface area contributed by atoms with Gasteiger partial charge < -0.3 is 15.3 Å². The standard InChI is InChI=1S/C15H18N2O3/c18-14(7-10-8-16-9-10)17-6-2-4-11-12(15(19)20)3-1-5-13(11)17/h1,3,5,10,16H,2,4,6-9H2,(H,19,20). The van der Waals surface area contributed by atoms with E-state index in [0.29, 0.717) is 24.4 Å². The van der Waals surface area contributed by atoms with Crippen molar-refractivity contribution in [3.8, 4) is 0 Å². The molecule has 2 heterocycles. The number of benzene rings is 1. The van der Waals surface area contributed by atoms with Crippen LogP contribution in [-0.4, -0.2) is 36.6 Å². The second-order valence-corrected chi connectivity index (χ2v) is 5.49. The number of carbonyl (C=O) groups excluding carboxylic acids is 1. The molecule has 1 aromatic carbocycles. The summed E-state index contributed by atoms with van der Waals surface area (Å²) in [5, 5.41) is 12.4. The molecule has 3 rings (SSSR count). The monoisotopic (exact) mass is 274 g/mol. The highest BCUT2D eigenvalue weighted by Gasteiger charge is 2.28. The molecule has 1 aromatic rings. The minimum absolute atomic E-state index is 0.111. The van der Waals surface area contributed by atoms with Crippen LogP contribution in [0.15, 0.2) is 18.2 Å². The Balaban J connectivity index is 1.87. The molecule has 0 aliphatic carbocycles. The number of hydrogen-bond acceptors (Lipinski definition) is 3. The summed E-state index contributed by atoms with van der Waals surface area (Å²) in [6.45, 7) is 2.50. The number of hydrogen-bond donors (Lipinski definition) is 2. The molecule has 0 radical (unpaired) electrons. The van der Waals surface area contributed by atoms with E-state index in [1.54, 1.807) is 17.0 Å². The molecular weight excluding hydrogens is 256 g/mol. The van der Waals surface area contributed by atoms with E-state index >= 15 is 0 Å². The Morgan fingerprint density at radius 1 is 1.35 bits per heavy atom. The third-order valence-electron chi connectivity index (χ3n) is 4.11. The fourth-order valence-electron chi connectivity index (χ4n) is 2.93. The highest BCUT2D eigenvalue weighted by molar-refractivity contribution is 5.98. The van der Waals surface area contributed by atoms with E-state index in [1.165, 1.54) is 0 Å². The van der Waals surface area contributed by atoms with Crippen molar-refractivity contribution < 1.29 is 14.7 Å². The van der Waals surface area contributed by atoms with Crippen molar-refractivity contribution in [3.05, 3.63) is 29.3 Å². The van der Waals surface area contributed by atoms with Crippen molar-refractivity contribution in [2.75, 3.05) is 24.5 Å². The molecule has 0 spiro atoms. The van der Waals surface area contributed by atoms with Crippen LogP contribution >= 0.6 is 0 Å². The largest absolute Gasteiger partial charge is 0.478 e. The van der Waals surface area contributed by atoms with Gasteiger partial charge in [-0.1, -0.05) is 6.07 Å². The molecule has 0 saturated carbocycles. The van der Waals surface area contributed by atoms with Gasteiger partial charge in [0.25, 0.3) is 0 Å². The first-order valence-electron chi connectivity index (χ1n) is 7.03. The SMILES string of the molecule is O=C(O)c1cccc2c1CCCN2C(=O)CC1CNC1. The number of carboxylic acid groups (broad SMARTS) is 1. The van der Waals surface area contributed by atoms with E-state index in [9.17, 15) is 14.7 Å². The van der Waals surface area contributed by atoms with Gasteiger partial charge in [0.05, 0.1) is 5.56 Å².